The van der Waals surface area contributed by atoms with Gasteiger partial charge in [0.25, 0.3) is 5.91 Å². The Bertz CT molecular complexity index is 541. The second-order valence-corrected chi connectivity index (χ2v) is 5.23. The number of nitrogens with one attached hydrogen (secondary N) is 1. The average molecular weight is 285 g/mol. The zero-order valence-electron chi connectivity index (χ0n) is 9.88. The van der Waals surface area contributed by atoms with Crippen LogP contribution in [-0.4, -0.2) is 46.5 Å². The van der Waals surface area contributed by atoms with E-state index in [-0.39, 0.29) is 13.1 Å². The van der Waals surface area contributed by atoms with E-state index in [1.807, 2.05) is 0 Å². The van der Waals surface area contributed by atoms with Crippen molar-refractivity contribution in [2.45, 2.75) is 18.3 Å². The van der Waals surface area contributed by atoms with E-state index in [9.17, 15) is 20.1 Å². The second kappa shape index (κ2) is 4.35. The number of fused-ring (bicyclic) bond motifs is 1. The standard InChI is InChI=1S/C12H13ClN2O4/c13-6-1-5-7(14-12(19)11(5)18)2-8(6)15-3-9(16)10(17)4-15/h1-2,9-11,16-18H,3-4H2,(H,14,19). The molecule has 0 radical (unpaired) electrons. The lowest BCUT2D eigenvalue weighted by molar-refractivity contribution is -0.123. The van der Waals surface area contributed by atoms with E-state index in [1.54, 1.807) is 11.0 Å². The molecule has 0 spiro atoms. The van der Waals surface area contributed by atoms with Crippen molar-refractivity contribution in [2.75, 3.05) is 23.3 Å². The van der Waals surface area contributed by atoms with E-state index in [1.165, 1.54) is 6.07 Å². The first-order valence-electron chi connectivity index (χ1n) is 5.91. The fourth-order valence-corrected chi connectivity index (χ4v) is 2.75. The van der Waals surface area contributed by atoms with Crippen LogP contribution in [-0.2, 0) is 4.79 Å². The molecule has 1 aromatic carbocycles. The predicted octanol–water partition coefficient (Wildman–Crippen LogP) is -0.133. The third-order valence-electron chi connectivity index (χ3n) is 3.52. The summed E-state index contributed by atoms with van der Waals surface area (Å²) in [4.78, 5) is 13.1. The van der Waals surface area contributed by atoms with Gasteiger partial charge in [-0.05, 0) is 12.1 Å². The molecule has 7 heteroatoms. The highest BCUT2D eigenvalue weighted by molar-refractivity contribution is 6.33. The van der Waals surface area contributed by atoms with Gasteiger partial charge in [0, 0.05) is 24.3 Å². The van der Waals surface area contributed by atoms with E-state index in [0.717, 1.165) is 0 Å². The van der Waals surface area contributed by atoms with Crippen molar-refractivity contribution >= 4 is 28.9 Å². The molecule has 2 aliphatic rings. The number of anilines is 2. The number of nitrogens with zero attached hydrogens (tertiary/aromatic N) is 1. The number of hydrogen-bond donors (Lipinski definition) is 4. The molecule has 3 rings (SSSR count). The molecule has 1 aromatic rings. The molecule has 6 nitrogen and oxygen atoms in total. The Morgan fingerprint density at radius 2 is 1.84 bits per heavy atom. The molecule has 0 aliphatic carbocycles. The molecule has 1 fully saturated rings. The molecule has 1 amide bonds. The Balaban J connectivity index is 1.97. The molecule has 3 unspecified atom stereocenters. The van der Waals surface area contributed by atoms with Gasteiger partial charge in [0.05, 0.1) is 22.9 Å². The average Bonchev–Trinajstić information content (AvgIpc) is 2.82. The van der Waals surface area contributed by atoms with Crippen LogP contribution in [0.3, 0.4) is 0 Å². The summed E-state index contributed by atoms with van der Waals surface area (Å²) in [5.74, 6) is -0.482. The highest BCUT2D eigenvalue weighted by Crippen LogP contribution is 2.39. The summed E-state index contributed by atoms with van der Waals surface area (Å²) < 4.78 is 0. The normalized spacial score (nSPS) is 29.6. The Hall–Kier alpha value is -1.34. The molecule has 102 valence electrons. The minimum absolute atomic E-state index is 0.274. The number of β-amino-alcohol motifs (C(OH)–C–C–N with tert-alkyl or cyclic N) is 2. The summed E-state index contributed by atoms with van der Waals surface area (Å²) in [5, 5.41) is 31.7. The van der Waals surface area contributed by atoms with Crippen molar-refractivity contribution in [1.82, 2.24) is 0 Å². The molecule has 0 bridgehead atoms. The van der Waals surface area contributed by atoms with Crippen LogP contribution in [0, 0.1) is 0 Å². The van der Waals surface area contributed by atoms with Crippen molar-refractivity contribution in [3.8, 4) is 0 Å². The van der Waals surface area contributed by atoms with E-state index in [4.69, 9.17) is 11.6 Å². The van der Waals surface area contributed by atoms with Gasteiger partial charge in [0.1, 0.15) is 0 Å². The fourth-order valence-electron chi connectivity index (χ4n) is 2.46. The van der Waals surface area contributed by atoms with Crippen LogP contribution in [0.4, 0.5) is 11.4 Å². The van der Waals surface area contributed by atoms with Crippen molar-refractivity contribution in [3.05, 3.63) is 22.7 Å². The number of carbonyl (C=O) groups is 1. The Morgan fingerprint density at radius 3 is 2.47 bits per heavy atom. The molecule has 2 aliphatic heterocycles. The van der Waals surface area contributed by atoms with Crippen LogP contribution in [0.2, 0.25) is 5.02 Å². The van der Waals surface area contributed by atoms with Gasteiger partial charge in [-0.3, -0.25) is 4.79 Å². The SMILES string of the molecule is O=C1Nc2cc(N3CC(O)C(O)C3)c(Cl)cc2C1O. The van der Waals surface area contributed by atoms with E-state index < -0.39 is 24.2 Å². The summed E-state index contributed by atoms with van der Waals surface area (Å²) in [7, 11) is 0. The lowest BCUT2D eigenvalue weighted by Gasteiger charge is -2.20. The van der Waals surface area contributed by atoms with Crippen LogP contribution in [0.15, 0.2) is 12.1 Å². The van der Waals surface area contributed by atoms with E-state index >= 15 is 0 Å². The quantitative estimate of drug-likeness (QED) is 0.576. The lowest BCUT2D eigenvalue weighted by Crippen LogP contribution is -2.22. The summed E-state index contributed by atoms with van der Waals surface area (Å²) >= 11 is 6.14. The zero-order chi connectivity index (χ0) is 13.7. The molecule has 1 saturated heterocycles. The zero-order valence-corrected chi connectivity index (χ0v) is 10.6. The molecular formula is C12H13ClN2O4. The van der Waals surface area contributed by atoms with Gasteiger partial charge in [-0.25, -0.2) is 0 Å². The van der Waals surface area contributed by atoms with Crippen molar-refractivity contribution in [2.24, 2.45) is 0 Å². The van der Waals surface area contributed by atoms with Crippen LogP contribution in [0.1, 0.15) is 11.7 Å². The van der Waals surface area contributed by atoms with Crippen LogP contribution < -0.4 is 10.2 Å². The number of carbonyl (C=O) groups excluding carboxylic acids is 1. The van der Waals surface area contributed by atoms with Crippen LogP contribution in [0.5, 0.6) is 0 Å². The molecule has 19 heavy (non-hydrogen) atoms. The summed E-state index contributed by atoms with van der Waals surface area (Å²) in [6, 6.07) is 3.18. The molecule has 3 atom stereocenters. The smallest absolute Gasteiger partial charge is 0.257 e. The monoisotopic (exact) mass is 284 g/mol. The van der Waals surface area contributed by atoms with Crippen LogP contribution in [0.25, 0.3) is 0 Å². The van der Waals surface area contributed by atoms with Crippen molar-refractivity contribution in [1.29, 1.82) is 0 Å². The Morgan fingerprint density at radius 1 is 1.21 bits per heavy atom. The molecule has 0 aromatic heterocycles. The molecule has 0 saturated carbocycles. The molecule has 4 N–H and O–H groups in total. The van der Waals surface area contributed by atoms with Crippen molar-refractivity contribution < 1.29 is 20.1 Å². The summed E-state index contributed by atoms with van der Waals surface area (Å²) in [6.07, 6.45) is -2.83. The van der Waals surface area contributed by atoms with Gasteiger partial charge in [0.15, 0.2) is 6.10 Å². The Labute approximate surface area is 114 Å². The number of amides is 1. The third kappa shape index (κ3) is 1.97. The largest absolute Gasteiger partial charge is 0.389 e. The number of rotatable bonds is 1. The van der Waals surface area contributed by atoms with Gasteiger partial charge in [-0.1, -0.05) is 11.6 Å². The van der Waals surface area contributed by atoms with Crippen LogP contribution >= 0.6 is 11.6 Å². The van der Waals surface area contributed by atoms with Gasteiger partial charge in [-0.2, -0.15) is 0 Å². The molecule has 2 heterocycles. The summed E-state index contributed by atoms with van der Waals surface area (Å²) in [5.41, 5.74) is 1.57. The Kier molecular flexibility index (Phi) is 2.90. The van der Waals surface area contributed by atoms with E-state index in [2.05, 4.69) is 5.32 Å². The van der Waals surface area contributed by atoms with Gasteiger partial charge in [0.2, 0.25) is 0 Å². The first kappa shape index (κ1) is 12.7. The van der Waals surface area contributed by atoms with Gasteiger partial charge < -0.3 is 25.5 Å². The first-order valence-corrected chi connectivity index (χ1v) is 6.28. The number of hydrogen-bond acceptors (Lipinski definition) is 5. The third-order valence-corrected chi connectivity index (χ3v) is 3.82. The maximum atomic E-state index is 11.4. The maximum Gasteiger partial charge on any atom is 0.257 e. The topological polar surface area (TPSA) is 93.0 Å². The molecular weight excluding hydrogens is 272 g/mol. The highest BCUT2D eigenvalue weighted by atomic mass is 35.5. The minimum Gasteiger partial charge on any atom is -0.389 e. The number of halogens is 1. The second-order valence-electron chi connectivity index (χ2n) is 4.82. The number of aliphatic hydroxyl groups excluding tert-OH is 3. The van der Waals surface area contributed by atoms with E-state index in [0.29, 0.717) is 22.0 Å². The summed E-state index contributed by atoms with van der Waals surface area (Å²) in [6.45, 7) is 0.548. The van der Waals surface area contributed by atoms with Gasteiger partial charge >= 0.3 is 0 Å². The first-order chi connectivity index (χ1) is 8.97. The minimum atomic E-state index is -1.20. The van der Waals surface area contributed by atoms with Gasteiger partial charge in [-0.15, -0.1) is 0 Å². The number of aliphatic hydroxyl groups is 3. The maximum absolute atomic E-state index is 11.4. The fraction of sp³-hybridized carbons (Fsp3) is 0.417. The van der Waals surface area contributed by atoms with Crippen molar-refractivity contribution in [3.63, 3.8) is 0 Å². The lowest BCUT2D eigenvalue weighted by atomic mass is 10.1. The number of benzene rings is 1. The highest BCUT2D eigenvalue weighted by Gasteiger charge is 2.34. The predicted molar refractivity (Wildman–Crippen MR) is 69.3 cm³/mol.